The Balaban J connectivity index is 1.46. The number of nitrogens with zero attached hydrogens (tertiary/aromatic N) is 5. The molecule has 6 nitrogen and oxygen atoms in total. The van der Waals surface area contributed by atoms with Gasteiger partial charge in [0.05, 0.1) is 24.3 Å². The molecule has 1 aliphatic carbocycles. The lowest BCUT2D eigenvalue weighted by Crippen LogP contribution is -2.49. The van der Waals surface area contributed by atoms with Gasteiger partial charge >= 0.3 is 0 Å². The van der Waals surface area contributed by atoms with E-state index < -0.39 is 0 Å². The molecule has 104 valence electrons. The number of rotatable bonds is 2. The van der Waals surface area contributed by atoms with Crippen LogP contribution in [0.5, 0.6) is 0 Å². The number of anilines is 1. The molecule has 1 saturated heterocycles. The van der Waals surface area contributed by atoms with Crippen molar-refractivity contribution in [2.75, 3.05) is 31.1 Å². The molecule has 0 N–H and O–H groups in total. The van der Waals surface area contributed by atoms with E-state index in [1.807, 2.05) is 23.4 Å². The smallest absolute Gasteiger partial charge is 0.225 e. The molecule has 0 atom stereocenters. The third kappa shape index (κ3) is 2.01. The van der Waals surface area contributed by atoms with Crippen molar-refractivity contribution in [1.29, 1.82) is 0 Å². The maximum atomic E-state index is 12.0. The Morgan fingerprint density at radius 3 is 2.75 bits per heavy atom. The largest absolute Gasteiger partial charge is 0.365 e. The van der Waals surface area contributed by atoms with E-state index in [0.717, 1.165) is 50.4 Å². The summed E-state index contributed by atoms with van der Waals surface area (Å²) in [6.45, 7) is 3.36. The maximum absolute atomic E-state index is 12.0. The number of hydrogen-bond acceptors (Lipinski definition) is 4. The van der Waals surface area contributed by atoms with Gasteiger partial charge in [-0.05, 0) is 12.8 Å². The average molecular weight is 271 g/mol. The van der Waals surface area contributed by atoms with Crippen molar-refractivity contribution in [2.24, 2.45) is 5.92 Å². The third-order valence-corrected chi connectivity index (χ3v) is 4.12. The van der Waals surface area contributed by atoms with Gasteiger partial charge in [-0.2, -0.15) is 5.10 Å². The predicted molar refractivity (Wildman–Crippen MR) is 74.5 cm³/mol. The summed E-state index contributed by atoms with van der Waals surface area (Å²) in [5, 5.41) is 4.21. The fraction of sp³-hybridized carbons (Fsp3) is 0.500. The molecule has 2 fully saturated rings. The first-order valence-electron chi connectivity index (χ1n) is 7.14. The molecule has 0 spiro atoms. The first-order valence-corrected chi connectivity index (χ1v) is 7.14. The van der Waals surface area contributed by atoms with Crippen molar-refractivity contribution >= 4 is 17.2 Å². The van der Waals surface area contributed by atoms with Crippen LogP contribution in [0.3, 0.4) is 0 Å². The molecule has 1 aliphatic heterocycles. The molecular weight excluding hydrogens is 254 g/mol. The normalized spacial score (nSPS) is 19.6. The van der Waals surface area contributed by atoms with Crippen LogP contribution in [0, 0.1) is 5.92 Å². The zero-order valence-electron chi connectivity index (χ0n) is 11.3. The molecule has 1 saturated carbocycles. The Labute approximate surface area is 117 Å². The number of piperazine rings is 1. The highest BCUT2D eigenvalue weighted by molar-refractivity contribution is 5.81. The highest BCUT2D eigenvalue weighted by Gasteiger charge is 2.34. The molecule has 0 aromatic carbocycles. The zero-order valence-corrected chi connectivity index (χ0v) is 11.3. The summed E-state index contributed by atoms with van der Waals surface area (Å²) in [5.41, 5.74) is 1.93. The topological polar surface area (TPSA) is 53.7 Å². The molecule has 1 amide bonds. The minimum atomic E-state index is 0.323. The molecule has 4 rings (SSSR count). The summed E-state index contributed by atoms with van der Waals surface area (Å²) in [6.07, 6.45) is 7.80. The van der Waals surface area contributed by atoms with E-state index >= 15 is 0 Å². The van der Waals surface area contributed by atoms with Gasteiger partial charge < -0.3 is 9.80 Å². The predicted octanol–water partition coefficient (Wildman–Crippen LogP) is 0.788. The summed E-state index contributed by atoms with van der Waals surface area (Å²) in [5.74, 6) is 0.675. The number of fused-ring (bicyclic) bond motifs is 1. The van der Waals surface area contributed by atoms with Crippen molar-refractivity contribution in [1.82, 2.24) is 19.5 Å². The minimum Gasteiger partial charge on any atom is -0.365 e. The van der Waals surface area contributed by atoms with Crippen LogP contribution in [0.1, 0.15) is 12.8 Å². The SMILES string of the molecule is O=C(C1CC1)N1CCN(c2cnc3ccnn3c2)CC1. The second kappa shape index (κ2) is 4.47. The van der Waals surface area contributed by atoms with Gasteiger partial charge in [0.15, 0.2) is 5.65 Å². The van der Waals surface area contributed by atoms with Gasteiger partial charge in [0.2, 0.25) is 5.91 Å². The Hall–Kier alpha value is -2.11. The zero-order chi connectivity index (χ0) is 13.5. The van der Waals surface area contributed by atoms with Crippen LogP contribution in [0.4, 0.5) is 5.69 Å². The summed E-state index contributed by atoms with van der Waals surface area (Å²) in [6, 6.07) is 1.88. The fourth-order valence-electron chi connectivity index (χ4n) is 2.74. The van der Waals surface area contributed by atoms with Crippen LogP contribution in [0.25, 0.3) is 5.65 Å². The van der Waals surface area contributed by atoms with Crippen LogP contribution in [0.15, 0.2) is 24.7 Å². The quantitative estimate of drug-likeness (QED) is 0.810. The molecule has 2 aromatic heterocycles. The lowest BCUT2D eigenvalue weighted by Gasteiger charge is -2.36. The molecule has 0 radical (unpaired) electrons. The Kier molecular flexibility index (Phi) is 2.61. The molecule has 3 heterocycles. The van der Waals surface area contributed by atoms with Crippen LogP contribution < -0.4 is 4.90 Å². The van der Waals surface area contributed by atoms with Gasteiger partial charge in [-0.1, -0.05) is 0 Å². The highest BCUT2D eigenvalue weighted by atomic mass is 16.2. The fourth-order valence-corrected chi connectivity index (χ4v) is 2.74. The first kappa shape index (κ1) is 11.7. The molecule has 0 unspecified atom stereocenters. The second-order valence-corrected chi connectivity index (χ2v) is 5.53. The Morgan fingerprint density at radius 1 is 1.20 bits per heavy atom. The summed E-state index contributed by atoms with van der Waals surface area (Å²) >= 11 is 0. The van der Waals surface area contributed by atoms with E-state index in [0.29, 0.717) is 11.8 Å². The van der Waals surface area contributed by atoms with E-state index in [2.05, 4.69) is 15.0 Å². The maximum Gasteiger partial charge on any atom is 0.225 e. The Bertz CT molecular complexity index is 640. The van der Waals surface area contributed by atoms with Crippen molar-refractivity contribution in [3.63, 3.8) is 0 Å². The van der Waals surface area contributed by atoms with Gasteiger partial charge in [-0.3, -0.25) is 4.79 Å². The van der Waals surface area contributed by atoms with Crippen molar-refractivity contribution in [3.8, 4) is 0 Å². The summed E-state index contributed by atoms with van der Waals surface area (Å²) in [4.78, 5) is 20.7. The van der Waals surface area contributed by atoms with Crippen molar-refractivity contribution in [3.05, 3.63) is 24.7 Å². The lowest BCUT2D eigenvalue weighted by atomic mass is 10.2. The molecular formula is C14H17N5O. The number of carbonyl (C=O) groups excluding carboxylic acids is 1. The lowest BCUT2D eigenvalue weighted by molar-refractivity contribution is -0.132. The molecule has 2 aliphatic rings. The van der Waals surface area contributed by atoms with Crippen LogP contribution >= 0.6 is 0 Å². The second-order valence-electron chi connectivity index (χ2n) is 5.53. The average Bonchev–Trinajstić information content (AvgIpc) is 3.24. The van der Waals surface area contributed by atoms with Gasteiger partial charge in [0, 0.05) is 38.2 Å². The number of amides is 1. The standard InChI is InChI=1S/C14H17N5O/c20-14(11-1-2-11)18-7-5-17(6-8-18)12-9-15-13-3-4-16-19(13)10-12/h3-4,9-11H,1-2,5-8H2. The summed E-state index contributed by atoms with van der Waals surface area (Å²) < 4.78 is 1.79. The monoisotopic (exact) mass is 271 g/mol. The summed E-state index contributed by atoms with van der Waals surface area (Å²) in [7, 11) is 0. The van der Waals surface area contributed by atoms with Gasteiger partial charge in [0.1, 0.15) is 0 Å². The van der Waals surface area contributed by atoms with Crippen LogP contribution in [-0.2, 0) is 4.79 Å². The highest BCUT2D eigenvalue weighted by Crippen LogP contribution is 2.31. The van der Waals surface area contributed by atoms with Gasteiger partial charge in [-0.25, -0.2) is 9.50 Å². The van der Waals surface area contributed by atoms with E-state index in [1.54, 1.807) is 10.7 Å². The molecule has 0 bridgehead atoms. The Morgan fingerprint density at radius 2 is 2.00 bits per heavy atom. The van der Waals surface area contributed by atoms with E-state index in [-0.39, 0.29) is 0 Å². The van der Waals surface area contributed by atoms with Crippen molar-refractivity contribution in [2.45, 2.75) is 12.8 Å². The van der Waals surface area contributed by atoms with Crippen molar-refractivity contribution < 1.29 is 4.79 Å². The number of carbonyl (C=O) groups is 1. The van der Waals surface area contributed by atoms with Crippen LogP contribution in [0.2, 0.25) is 0 Å². The number of aromatic nitrogens is 3. The molecule has 20 heavy (non-hydrogen) atoms. The first-order chi connectivity index (χ1) is 9.81. The molecule has 2 aromatic rings. The van der Waals surface area contributed by atoms with Crippen LogP contribution in [-0.4, -0.2) is 51.6 Å². The molecule has 6 heteroatoms. The third-order valence-electron chi connectivity index (χ3n) is 4.12. The minimum absolute atomic E-state index is 0.323. The van der Waals surface area contributed by atoms with E-state index in [4.69, 9.17) is 0 Å². The van der Waals surface area contributed by atoms with Gasteiger partial charge in [-0.15, -0.1) is 0 Å². The van der Waals surface area contributed by atoms with Gasteiger partial charge in [0.25, 0.3) is 0 Å². The van der Waals surface area contributed by atoms with E-state index in [9.17, 15) is 4.79 Å². The number of hydrogen-bond donors (Lipinski definition) is 0. The van der Waals surface area contributed by atoms with E-state index in [1.165, 1.54) is 0 Å².